The van der Waals surface area contributed by atoms with Crippen LogP contribution in [0.5, 0.6) is 0 Å². The lowest BCUT2D eigenvalue weighted by atomic mass is 9.85. The molecule has 6 heteroatoms. The Morgan fingerprint density at radius 1 is 0.889 bits per heavy atom. The van der Waals surface area contributed by atoms with Crippen LogP contribution in [0.3, 0.4) is 0 Å². The normalized spacial score (nSPS) is 27.2. The SMILES string of the molecule is COC(=O)C1CC(OC(C)=O)CC(OC(C)=O)C1. The summed E-state index contributed by atoms with van der Waals surface area (Å²) < 4.78 is 14.9. The lowest BCUT2D eigenvalue weighted by molar-refractivity contribution is -0.165. The average Bonchev–Trinajstić information content (AvgIpc) is 2.25. The second-order valence-electron chi connectivity index (χ2n) is 4.39. The van der Waals surface area contributed by atoms with Crippen LogP contribution in [0.2, 0.25) is 0 Å². The van der Waals surface area contributed by atoms with Crippen molar-refractivity contribution in [2.24, 2.45) is 5.92 Å². The van der Waals surface area contributed by atoms with Gasteiger partial charge in [0.1, 0.15) is 12.2 Å². The van der Waals surface area contributed by atoms with E-state index in [9.17, 15) is 14.4 Å². The summed E-state index contributed by atoms with van der Waals surface area (Å²) in [4.78, 5) is 33.4. The summed E-state index contributed by atoms with van der Waals surface area (Å²) in [6.45, 7) is 2.62. The van der Waals surface area contributed by atoms with Gasteiger partial charge in [-0.25, -0.2) is 0 Å². The maximum atomic E-state index is 11.5. The maximum absolute atomic E-state index is 11.5. The van der Waals surface area contributed by atoms with Gasteiger partial charge in [0.25, 0.3) is 0 Å². The Bertz CT molecular complexity index is 313. The molecule has 6 nitrogen and oxygen atoms in total. The number of carbonyl (C=O) groups is 3. The molecule has 0 aromatic carbocycles. The molecule has 18 heavy (non-hydrogen) atoms. The fourth-order valence-electron chi connectivity index (χ4n) is 2.24. The molecule has 1 rings (SSSR count). The van der Waals surface area contributed by atoms with E-state index in [2.05, 4.69) is 4.74 Å². The highest BCUT2D eigenvalue weighted by Crippen LogP contribution is 2.29. The average molecular weight is 258 g/mol. The monoisotopic (exact) mass is 258 g/mol. The van der Waals surface area contributed by atoms with Gasteiger partial charge in [0.2, 0.25) is 0 Å². The molecule has 1 saturated carbocycles. The molecule has 0 radical (unpaired) electrons. The Hall–Kier alpha value is -1.59. The summed E-state index contributed by atoms with van der Waals surface area (Å²) in [5, 5.41) is 0. The Morgan fingerprint density at radius 2 is 1.33 bits per heavy atom. The van der Waals surface area contributed by atoms with Gasteiger partial charge < -0.3 is 14.2 Å². The van der Waals surface area contributed by atoms with E-state index >= 15 is 0 Å². The number of ether oxygens (including phenoxy) is 3. The Balaban J connectivity index is 2.68. The van der Waals surface area contributed by atoms with E-state index in [1.54, 1.807) is 0 Å². The Morgan fingerprint density at radius 3 is 1.67 bits per heavy atom. The first kappa shape index (κ1) is 14.5. The zero-order valence-corrected chi connectivity index (χ0v) is 10.8. The lowest BCUT2D eigenvalue weighted by Gasteiger charge is -2.32. The summed E-state index contributed by atoms with van der Waals surface area (Å²) >= 11 is 0. The predicted molar refractivity (Wildman–Crippen MR) is 60.5 cm³/mol. The fraction of sp³-hybridized carbons (Fsp3) is 0.750. The lowest BCUT2D eigenvalue weighted by Crippen LogP contribution is -2.38. The molecule has 0 saturated heterocycles. The summed E-state index contributed by atoms with van der Waals surface area (Å²) in [5.41, 5.74) is 0. The topological polar surface area (TPSA) is 78.9 Å². The van der Waals surface area contributed by atoms with Crippen molar-refractivity contribution in [2.45, 2.75) is 45.3 Å². The van der Waals surface area contributed by atoms with Gasteiger partial charge >= 0.3 is 17.9 Å². The molecular weight excluding hydrogens is 240 g/mol. The van der Waals surface area contributed by atoms with E-state index in [4.69, 9.17) is 9.47 Å². The minimum absolute atomic E-state index is 0.371. The van der Waals surface area contributed by atoms with Crippen molar-refractivity contribution in [3.63, 3.8) is 0 Å². The molecule has 0 amide bonds. The highest BCUT2D eigenvalue weighted by atomic mass is 16.6. The standard InChI is InChI=1S/C12H18O6/c1-7(13)17-10-4-9(12(15)16-3)5-11(6-10)18-8(2)14/h9-11H,4-6H2,1-3H3. The van der Waals surface area contributed by atoms with Crippen LogP contribution in [0.4, 0.5) is 0 Å². The van der Waals surface area contributed by atoms with E-state index in [1.165, 1.54) is 21.0 Å². The van der Waals surface area contributed by atoms with E-state index in [0.717, 1.165) is 0 Å². The first-order valence-corrected chi connectivity index (χ1v) is 5.84. The maximum Gasteiger partial charge on any atom is 0.308 e. The van der Waals surface area contributed by atoms with Gasteiger partial charge in [-0.1, -0.05) is 0 Å². The zero-order chi connectivity index (χ0) is 13.7. The third kappa shape index (κ3) is 4.35. The van der Waals surface area contributed by atoms with Crippen molar-refractivity contribution >= 4 is 17.9 Å². The molecule has 0 N–H and O–H groups in total. The highest BCUT2D eigenvalue weighted by Gasteiger charge is 2.36. The molecule has 102 valence electrons. The first-order chi connectivity index (χ1) is 8.42. The molecule has 2 unspecified atom stereocenters. The largest absolute Gasteiger partial charge is 0.469 e. The molecular formula is C12H18O6. The van der Waals surface area contributed by atoms with E-state index in [-0.39, 0.29) is 5.97 Å². The Labute approximate surface area is 106 Å². The predicted octanol–water partition coefficient (Wildman–Crippen LogP) is 0.823. The quantitative estimate of drug-likeness (QED) is 0.551. The number of carbonyl (C=O) groups excluding carboxylic acids is 3. The van der Waals surface area contributed by atoms with Crippen LogP contribution in [0.1, 0.15) is 33.1 Å². The van der Waals surface area contributed by atoms with E-state index in [0.29, 0.717) is 19.3 Å². The highest BCUT2D eigenvalue weighted by molar-refractivity contribution is 5.73. The first-order valence-electron chi connectivity index (χ1n) is 5.84. The van der Waals surface area contributed by atoms with Crippen molar-refractivity contribution in [3.8, 4) is 0 Å². The number of methoxy groups -OCH3 is 1. The number of hydrogen-bond acceptors (Lipinski definition) is 6. The van der Waals surface area contributed by atoms with Gasteiger partial charge in [0, 0.05) is 20.3 Å². The van der Waals surface area contributed by atoms with Crippen LogP contribution in [-0.2, 0) is 28.6 Å². The van der Waals surface area contributed by atoms with Gasteiger partial charge in [0.05, 0.1) is 13.0 Å². The smallest absolute Gasteiger partial charge is 0.308 e. The van der Waals surface area contributed by atoms with Gasteiger partial charge in [-0.05, 0) is 12.8 Å². The minimum Gasteiger partial charge on any atom is -0.469 e. The zero-order valence-electron chi connectivity index (χ0n) is 10.8. The molecule has 0 spiro atoms. The van der Waals surface area contributed by atoms with Gasteiger partial charge in [-0.3, -0.25) is 14.4 Å². The van der Waals surface area contributed by atoms with Crippen molar-refractivity contribution in [2.75, 3.05) is 7.11 Å². The second-order valence-corrected chi connectivity index (χ2v) is 4.39. The van der Waals surface area contributed by atoms with E-state index < -0.39 is 30.1 Å². The third-order valence-corrected chi connectivity index (χ3v) is 2.82. The Kier molecular flexibility index (Phi) is 5.12. The summed E-state index contributed by atoms with van der Waals surface area (Å²) in [6.07, 6.45) is 0.412. The second kappa shape index (κ2) is 6.37. The van der Waals surface area contributed by atoms with Crippen molar-refractivity contribution < 1.29 is 28.6 Å². The van der Waals surface area contributed by atoms with Gasteiger partial charge in [-0.2, -0.15) is 0 Å². The van der Waals surface area contributed by atoms with Crippen LogP contribution in [-0.4, -0.2) is 37.2 Å². The number of rotatable bonds is 3. The molecule has 1 aliphatic rings. The molecule has 2 atom stereocenters. The van der Waals surface area contributed by atoms with Crippen LogP contribution in [0.15, 0.2) is 0 Å². The van der Waals surface area contributed by atoms with Crippen molar-refractivity contribution in [1.82, 2.24) is 0 Å². The molecule has 0 bridgehead atoms. The summed E-state index contributed by atoms with van der Waals surface area (Å²) in [7, 11) is 1.30. The number of esters is 3. The minimum atomic E-state index is -0.412. The van der Waals surface area contributed by atoms with Gasteiger partial charge in [-0.15, -0.1) is 0 Å². The van der Waals surface area contributed by atoms with Crippen molar-refractivity contribution in [1.29, 1.82) is 0 Å². The van der Waals surface area contributed by atoms with Crippen LogP contribution in [0.25, 0.3) is 0 Å². The van der Waals surface area contributed by atoms with Crippen LogP contribution < -0.4 is 0 Å². The molecule has 0 aromatic heterocycles. The molecule has 1 aliphatic carbocycles. The molecule has 0 aliphatic heterocycles. The number of hydrogen-bond donors (Lipinski definition) is 0. The van der Waals surface area contributed by atoms with E-state index in [1.807, 2.05) is 0 Å². The molecule has 0 heterocycles. The summed E-state index contributed by atoms with van der Waals surface area (Å²) in [5.74, 6) is -1.60. The third-order valence-electron chi connectivity index (χ3n) is 2.82. The molecule has 1 fully saturated rings. The van der Waals surface area contributed by atoms with Crippen molar-refractivity contribution in [3.05, 3.63) is 0 Å². The summed E-state index contributed by atoms with van der Waals surface area (Å²) in [6, 6.07) is 0. The fourth-order valence-corrected chi connectivity index (χ4v) is 2.24. The molecule has 0 aromatic rings. The van der Waals surface area contributed by atoms with Crippen LogP contribution in [0, 0.1) is 5.92 Å². The van der Waals surface area contributed by atoms with Crippen LogP contribution >= 0.6 is 0 Å². The van der Waals surface area contributed by atoms with Gasteiger partial charge in [0.15, 0.2) is 0 Å².